The number of halogens is 1. The molecule has 0 radical (unpaired) electrons. The molecule has 0 bridgehead atoms. The standard InChI is InChI=1S/C18H26FN3O3S/c1-18(2,15-5-7-16(19)8-6-15)17(23)20-11-13-22(14-12-20)26(24,25)21-9-3-4-10-21/h5-8H,3-4,9-14H2,1-2H3. The Balaban J connectivity index is 1.65. The molecular formula is C18H26FN3O3S. The molecule has 6 nitrogen and oxygen atoms in total. The van der Waals surface area contributed by atoms with Crippen molar-refractivity contribution >= 4 is 16.1 Å². The fraction of sp³-hybridized carbons (Fsp3) is 0.611. The van der Waals surface area contributed by atoms with Gasteiger partial charge in [0.15, 0.2) is 0 Å². The molecule has 8 heteroatoms. The number of amides is 1. The predicted octanol–water partition coefficient (Wildman–Crippen LogP) is 1.59. The van der Waals surface area contributed by atoms with E-state index in [0.29, 0.717) is 39.3 Å². The lowest BCUT2D eigenvalue weighted by Gasteiger charge is -2.39. The van der Waals surface area contributed by atoms with Crippen molar-refractivity contribution in [2.45, 2.75) is 32.1 Å². The van der Waals surface area contributed by atoms with Crippen molar-refractivity contribution in [3.05, 3.63) is 35.6 Å². The number of piperazine rings is 1. The summed E-state index contributed by atoms with van der Waals surface area (Å²) in [6, 6.07) is 5.96. The summed E-state index contributed by atoms with van der Waals surface area (Å²) in [6.45, 7) is 6.16. The quantitative estimate of drug-likeness (QED) is 0.793. The average Bonchev–Trinajstić information content (AvgIpc) is 3.17. The average molecular weight is 383 g/mol. The Hall–Kier alpha value is -1.51. The highest BCUT2D eigenvalue weighted by Crippen LogP contribution is 2.27. The van der Waals surface area contributed by atoms with Gasteiger partial charge in [0.25, 0.3) is 10.2 Å². The highest BCUT2D eigenvalue weighted by molar-refractivity contribution is 7.86. The molecule has 0 N–H and O–H groups in total. The highest BCUT2D eigenvalue weighted by atomic mass is 32.2. The molecule has 2 aliphatic rings. The molecule has 0 saturated carbocycles. The second-order valence-corrected chi connectivity index (χ2v) is 9.37. The fourth-order valence-corrected chi connectivity index (χ4v) is 5.26. The Morgan fingerprint density at radius 1 is 0.923 bits per heavy atom. The fourth-order valence-electron chi connectivity index (χ4n) is 3.59. The van der Waals surface area contributed by atoms with Crippen LogP contribution in [0.25, 0.3) is 0 Å². The van der Waals surface area contributed by atoms with Gasteiger partial charge in [-0.05, 0) is 44.4 Å². The van der Waals surface area contributed by atoms with Gasteiger partial charge in [0.05, 0.1) is 5.41 Å². The van der Waals surface area contributed by atoms with Gasteiger partial charge in [0, 0.05) is 39.3 Å². The van der Waals surface area contributed by atoms with Gasteiger partial charge in [-0.25, -0.2) is 4.39 Å². The van der Waals surface area contributed by atoms with E-state index in [0.717, 1.165) is 18.4 Å². The Morgan fingerprint density at radius 3 is 1.96 bits per heavy atom. The molecule has 0 aromatic heterocycles. The molecule has 2 saturated heterocycles. The summed E-state index contributed by atoms with van der Waals surface area (Å²) < 4.78 is 41.4. The minimum atomic E-state index is -3.42. The largest absolute Gasteiger partial charge is 0.339 e. The Labute approximate surface area is 154 Å². The number of nitrogens with zero attached hydrogens (tertiary/aromatic N) is 3. The maximum Gasteiger partial charge on any atom is 0.282 e. The van der Waals surface area contributed by atoms with Gasteiger partial charge in [-0.2, -0.15) is 17.0 Å². The molecule has 0 unspecified atom stereocenters. The Bertz CT molecular complexity index is 750. The molecule has 1 amide bonds. The molecule has 26 heavy (non-hydrogen) atoms. The van der Waals surface area contributed by atoms with E-state index in [4.69, 9.17) is 0 Å². The van der Waals surface area contributed by atoms with Crippen molar-refractivity contribution in [3.8, 4) is 0 Å². The third-order valence-electron chi connectivity index (χ3n) is 5.34. The summed E-state index contributed by atoms with van der Waals surface area (Å²) in [5.41, 5.74) is -0.0417. The summed E-state index contributed by atoms with van der Waals surface area (Å²) >= 11 is 0. The number of rotatable bonds is 4. The summed E-state index contributed by atoms with van der Waals surface area (Å²) in [4.78, 5) is 14.7. The smallest absolute Gasteiger partial charge is 0.282 e. The molecule has 0 aliphatic carbocycles. The molecule has 2 aliphatic heterocycles. The Kier molecular flexibility index (Phi) is 5.37. The topological polar surface area (TPSA) is 60.9 Å². The van der Waals surface area contributed by atoms with Crippen LogP contribution in [0.1, 0.15) is 32.3 Å². The van der Waals surface area contributed by atoms with E-state index in [1.165, 1.54) is 20.7 Å². The van der Waals surface area contributed by atoms with E-state index < -0.39 is 15.6 Å². The molecule has 2 fully saturated rings. The van der Waals surface area contributed by atoms with Gasteiger partial charge >= 0.3 is 0 Å². The van der Waals surface area contributed by atoms with Gasteiger partial charge in [-0.1, -0.05) is 12.1 Å². The highest BCUT2D eigenvalue weighted by Gasteiger charge is 2.38. The van der Waals surface area contributed by atoms with Crippen LogP contribution in [-0.2, 0) is 20.4 Å². The number of hydrogen-bond acceptors (Lipinski definition) is 3. The van der Waals surface area contributed by atoms with Crippen molar-refractivity contribution in [2.24, 2.45) is 0 Å². The van der Waals surface area contributed by atoms with Crippen LogP contribution in [-0.4, -0.2) is 67.1 Å². The van der Waals surface area contributed by atoms with Crippen LogP contribution in [0.2, 0.25) is 0 Å². The van der Waals surface area contributed by atoms with Crippen LogP contribution in [0.3, 0.4) is 0 Å². The summed E-state index contributed by atoms with van der Waals surface area (Å²) in [5, 5.41) is 0. The summed E-state index contributed by atoms with van der Waals surface area (Å²) in [6.07, 6.45) is 1.81. The molecule has 3 rings (SSSR count). The molecule has 0 spiro atoms. The number of benzene rings is 1. The number of carbonyl (C=O) groups is 1. The first kappa shape index (κ1) is 19.3. The first-order valence-corrected chi connectivity index (χ1v) is 10.4. The predicted molar refractivity (Wildman–Crippen MR) is 97.3 cm³/mol. The lowest BCUT2D eigenvalue weighted by molar-refractivity contribution is -0.137. The van der Waals surface area contributed by atoms with Gasteiger partial charge in [0.1, 0.15) is 5.82 Å². The van der Waals surface area contributed by atoms with Crippen molar-refractivity contribution in [2.75, 3.05) is 39.3 Å². The van der Waals surface area contributed by atoms with Gasteiger partial charge in [-0.15, -0.1) is 0 Å². The number of carbonyl (C=O) groups excluding carboxylic acids is 1. The van der Waals surface area contributed by atoms with Crippen molar-refractivity contribution in [1.29, 1.82) is 0 Å². The molecule has 1 aromatic carbocycles. The molecule has 0 atom stereocenters. The van der Waals surface area contributed by atoms with E-state index in [9.17, 15) is 17.6 Å². The van der Waals surface area contributed by atoms with Crippen LogP contribution in [0.15, 0.2) is 24.3 Å². The molecule has 2 heterocycles. The van der Waals surface area contributed by atoms with E-state index in [-0.39, 0.29) is 11.7 Å². The lowest BCUT2D eigenvalue weighted by Crippen LogP contribution is -2.56. The third kappa shape index (κ3) is 3.63. The lowest BCUT2D eigenvalue weighted by atomic mass is 9.83. The summed E-state index contributed by atoms with van der Waals surface area (Å²) in [5.74, 6) is -0.403. The Morgan fingerprint density at radius 2 is 1.42 bits per heavy atom. The van der Waals surface area contributed by atoms with Crippen LogP contribution in [0, 0.1) is 5.82 Å². The van der Waals surface area contributed by atoms with Gasteiger partial charge in [-0.3, -0.25) is 4.79 Å². The van der Waals surface area contributed by atoms with E-state index >= 15 is 0 Å². The van der Waals surface area contributed by atoms with Crippen LogP contribution in [0.4, 0.5) is 4.39 Å². The molecule has 1 aromatic rings. The monoisotopic (exact) mass is 383 g/mol. The molecular weight excluding hydrogens is 357 g/mol. The zero-order chi connectivity index (χ0) is 18.9. The van der Waals surface area contributed by atoms with E-state index in [2.05, 4.69) is 0 Å². The van der Waals surface area contributed by atoms with Gasteiger partial charge in [0.2, 0.25) is 5.91 Å². The van der Waals surface area contributed by atoms with E-state index in [1.54, 1.807) is 17.0 Å². The normalized spacial score (nSPS) is 20.5. The zero-order valence-electron chi connectivity index (χ0n) is 15.3. The minimum absolute atomic E-state index is 0.0673. The molecule has 144 valence electrons. The van der Waals surface area contributed by atoms with Crippen LogP contribution in [0.5, 0.6) is 0 Å². The van der Waals surface area contributed by atoms with Crippen molar-refractivity contribution in [3.63, 3.8) is 0 Å². The SMILES string of the molecule is CC(C)(C(=O)N1CCN(S(=O)(=O)N2CCCC2)CC1)c1ccc(F)cc1. The third-order valence-corrected chi connectivity index (χ3v) is 7.38. The maximum atomic E-state index is 13.2. The number of hydrogen-bond donors (Lipinski definition) is 0. The first-order valence-electron chi connectivity index (χ1n) is 9.03. The second kappa shape index (κ2) is 7.25. The first-order chi connectivity index (χ1) is 12.2. The van der Waals surface area contributed by atoms with E-state index in [1.807, 2.05) is 13.8 Å². The van der Waals surface area contributed by atoms with Crippen LogP contribution < -0.4 is 0 Å². The van der Waals surface area contributed by atoms with Crippen LogP contribution >= 0.6 is 0 Å². The van der Waals surface area contributed by atoms with Crippen molar-refractivity contribution < 1.29 is 17.6 Å². The second-order valence-electron chi connectivity index (χ2n) is 7.44. The zero-order valence-corrected chi connectivity index (χ0v) is 16.1. The maximum absolute atomic E-state index is 13.2. The van der Waals surface area contributed by atoms with Gasteiger partial charge < -0.3 is 4.90 Å². The van der Waals surface area contributed by atoms with Crippen molar-refractivity contribution in [1.82, 2.24) is 13.5 Å². The minimum Gasteiger partial charge on any atom is -0.339 e. The summed E-state index contributed by atoms with van der Waals surface area (Å²) in [7, 11) is -3.42.